The molecular formula is C17H23N3. The average molecular weight is 269 g/mol. The van der Waals surface area contributed by atoms with E-state index in [1.165, 1.54) is 5.56 Å². The summed E-state index contributed by atoms with van der Waals surface area (Å²) >= 11 is 0. The molecule has 0 aliphatic rings. The summed E-state index contributed by atoms with van der Waals surface area (Å²) in [4.78, 5) is 9.25. The number of aromatic nitrogens is 2. The molecule has 3 nitrogen and oxygen atoms in total. The number of aryl methyl sites for hydroxylation is 1. The van der Waals surface area contributed by atoms with Crippen molar-refractivity contribution in [1.82, 2.24) is 15.3 Å². The van der Waals surface area contributed by atoms with Gasteiger partial charge in [0.05, 0.1) is 5.69 Å². The number of likely N-dealkylation sites (N-methyl/N-ethyl adjacent to an activating group) is 1. The predicted octanol–water partition coefficient (Wildman–Crippen LogP) is 3.41. The van der Waals surface area contributed by atoms with Gasteiger partial charge < -0.3 is 5.32 Å². The zero-order valence-corrected chi connectivity index (χ0v) is 12.7. The molecule has 0 amide bonds. The largest absolute Gasteiger partial charge is 0.319 e. The molecule has 3 heteroatoms. The molecule has 20 heavy (non-hydrogen) atoms. The van der Waals surface area contributed by atoms with E-state index in [4.69, 9.17) is 4.98 Å². The molecule has 0 bridgehead atoms. The highest BCUT2D eigenvalue weighted by Gasteiger charge is 2.18. The van der Waals surface area contributed by atoms with Crippen LogP contribution in [-0.2, 0) is 0 Å². The Kier molecular flexibility index (Phi) is 4.85. The lowest BCUT2D eigenvalue weighted by Crippen LogP contribution is -2.23. The van der Waals surface area contributed by atoms with E-state index in [2.05, 4.69) is 55.3 Å². The smallest absolute Gasteiger partial charge is 0.133 e. The van der Waals surface area contributed by atoms with Crippen molar-refractivity contribution >= 4 is 0 Å². The highest BCUT2D eigenvalue weighted by atomic mass is 14.9. The molecule has 1 atom stereocenters. The number of hydrogen-bond donors (Lipinski definition) is 1. The highest BCUT2D eigenvalue weighted by Crippen LogP contribution is 2.23. The van der Waals surface area contributed by atoms with E-state index >= 15 is 0 Å². The Labute approximate surface area is 121 Å². The first-order chi connectivity index (χ1) is 9.61. The summed E-state index contributed by atoms with van der Waals surface area (Å²) in [5, 5.41) is 3.24. The molecule has 106 valence electrons. The molecule has 0 saturated heterocycles. The van der Waals surface area contributed by atoms with Crippen LogP contribution in [0.3, 0.4) is 0 Å². The van der Waals surface area contributed by atoms with Crippen molar-refractivity contribution in [3.63, 3.8) is 0 Å². The fourth-order valence-corrected chi connectivity index (χ4v) is 2.36. The zero-order chi connectivity index (χ0) is 14.5. The van der Waals surface area contributed by atoms with Gasteiger partial charge in [0.1, 0.15) is 5.82 Å². The number of nitrogens with one attached hydrogen (secondary N) is 1. The van der Waals surface area contributed by atoms with E-state index in [9.17, 15) is 0 Å². The lowest BCUT2D eigenvalue weighted by Gasteiger charge is -2.19. The Morgan fingerprint density at radius 3 is 2.65 bits per heavy atom. The lowest BCUT2D eigenvalue weighted by molar-refractivity contribution is 0.458. The Morgan fingerprint density at radius 1 is 1.20 bits per heavy atom. The minimum atomic E-state index is 0.338. The van der Waals surface area contributed by atoms with Crippen LogP contribution in [0.5, 0.6) is 0 Å². The number of rotatable bonds is 5. The molecule has 0 aliphatic carbocycles. The lowest BCUT2D eigenvalue weighted by atomic mass is 9.94. The van der Waals surface area contributed by atoms with Crippen molar-refractivity contribution in [2.24, 2.45) is 5.92 Å². The molecule has 0 radical (unpaired) electrons. The van der Waals surface area contributed by atoms with Crippen LogP contribution in [0, 0.1) is 12.8 Å². The fraction of sp³-hybridized carbons (Fsp3) is 0.412. The van der Waals surface area contributed by atoms with Gasteiger partial charge in [0.15, 0.2) is 0 Å². The van der Waals surface area contributed by atoms with Gasteiger partial charge in [0.2, 0.25) is 0 Å². The Hall–Kier alpha value is -1.74. The number of benzene rings is 1. The van der Waals surface area contributed by atoms with Crippen LogP contribution in [0.1, 0.15) is 31.2 Å². The molecule has 1 unspecified atom stereocenters. The summed E-state index contributed by atoms with van der Waals surface area (Å²) in [5.74, 6) is 1.77. The van der Waals surface area contributed by atoms with Gasteiger partial charge in [0, 0.05) is 24.2 Å². The summed E-state index contributed by atoms with van der Waals surface area (Å²) in [6.07, 6.45) is 1.87. The van der Waals surface area contributed by atoms with Crippen LogP contribution in [-0.4, -0.2) is 23.6 Å². The fourth-order valence-electron chi connectivity index (χ4n) is 2.36. The standard InChI is InChI=1S/C17H23N3/c1-12(2)15(11-18-4)17-19-9-8-16(20-17)14-7-5-6-13(3)10-14/h5-10,12,15,18H,11H2,1-4H3. The maximum absolute atomic E-state index is 4.77. The Bertz CT molecular complexity index is 564. The van der Waals surface area contributed by atoms with E-state index in [1.54, 1.807) is 0 Å². The SMILES string of the molecule is CNCC(c1nccc(-c2cccc(C)c2)n1)C(C)C. The Morgan fingerprint density at radius 2 is 2.00 bits per heavy atom. The third-order valence-electron chi connectivity index (χ3n) is 3.55. The molecule has 0 spiro atoms. The van der Waals surface area contributed by atoms with Crippen molar-refractivity contribution in [3.8, 4) is 11.3 Å². The Balaban J connectivity index is 2.36. The van der Waals surface area contributed by atoms with E-state index < -0.39 is 0 Å². The normalized spacial score (nSPS) is 12.7. The molecular weight excluding hydrogens is 246 g/mol. The maximum atomic E-state index is 4.77. The minimum Gasteiger partial charge on any atom is -0.319 e. The molecule has 1 aromatic heterocycles. The zero-order valence-electron chi connectivity index (χ0n) is 12.7. The van der Waals surface area contributed by atoms with E-state index in [1.807, 2.05) is 19.3 Å². The second-order valence-corrected chi connectivity index (χ2v) is 5.58. The topological polar surface area (TPSA) is 37.8 Å². The monoisotopic (exact) mass is 269 g/mol. The summed E-state index contributed by atoms with van der Waals surface area (Å²) in [6, 6.07) is 10.4. The average Bonchev–Trinajstić information content (AvgIpc) is 2.44. The quantitative estimate of drug-likeness (QED) is 0.904. The van der Waals surface area contributed by atoms with Gasteiger partial charge in [-0.05, 0) is 32.0 Å². The molecule has 1 N–H and O–H groups in total. The van der Waals surface area contributed by atoms with Crippen molar-refractivity contribution in [1.29, 1.82) is 0 Å². The van der Waals surface area contributed by atoms with Gasteiger partial charge in [-0.3, -0.25) is 0 Å². The van der Waals surface area contributed by atoms with E-state index in [0.717, 1.165) is 23.6 Å². The summed E-state index contributed by atoms with van der Waals surface area (Å²) in [7, 11) is 1.97. The van der Waals surface area contributed by atoms with Crippen LogP contribution in [0.15, 0.2) is 36.5 Å². The van der Waals surface area contributed by atoms with Gasteiger partial charge in [-0.25, -0.2) is 9.97 Å². The van der Waals surface area contributed by atoms with Crippen molar-refractivity contribution < 1.29 is 0 Å². The summed E-state index contributed by atoms with van der Waals surface area (Å²) in [6.45, 7) is 7.42. The van der Waals surface area contributed by atoms with Crippen molar-refractivity contribution in [3.05, 3.63) is 47.9 Å². The molecule has 2 rings (SSSR count). The number of nitrogens with zero attached hydrogens (tertiary/aromatic N) is 2. The minimum absolute atomic E-state index is 0.338. The van der Waals surface area contributed by atoms with Crippen LogP contribution < -0.4 is 5.32 Å². The van der Waals surface area contributed by atoms with Gasteiger partial charge in [0.25, 0.3) is 0 Å². The third kappa shape index (κ3) is 3.42. The van der Waals surface area contributed by atoms with Crippen molar-refractivity contribution in [2.75, 3.05) is 13.6 Å². The van der Waals surface area contributed by atoms with Crippen LogP contribution >= 0.6 is 0 Å². The van der Waals surface area contributed by atoms with Crippen LogP contribution in [0.2, 0.25) is 0 Å². The first-order valence-electron chi connectivity index (χ1n) is 7.16. The second-order valence-electron chi connectivity index (χ2n) is 5.58. The highest BCUT2D eigenvalue weighted by molar-refractivity contribution is 5.59. The van der Waals surface area contributed by atoms with Crippen molar-refractivity contribution in [2.45, 2.75) is 26.7 Å². The van der Waals surface area contributed by atoms with Gasteiger partial charge >= 0.3 is 0 Å². The maximum Gasteiger partial charge on any atom is 0.133 e. The summed E-state index contributed by atoms with van der Waals surface area (Å²) in [5.41, 5.74) is 3.40. The first kappa shape index (κ1) is 14.7. The van der Waals surface area contributed by atoms with Crippen LogP contribution in [0.25, 0.3) is 11.3 Å². The predicted molar refractivity (Wildman–Crippen MR) is 83.7 cm³/mol. The molecule has 0 saturated carbocycles. The van der Waals surface area contributed by atoms with Crippen LogP contribution in [0.4, 0.5) is 0 Å². The number of hydrogen-bond acceptors (Lipinski definition) is 3. The van der Waals surface area contributed by atoms with Gasteiger partial charge in [-0.15, -0.1) is 0 Å². The molecule has 0 aliphatic heterocycles. The molecule has 0 fully saturated rings. The third-order valence-corrected chi connectivity index (χ3v) is 3.55. The van der Waals surface area contributed by atoms with Gasteiger partial charge in [-0.2, -0.15) is 0 Å². The van der Waals surface area contributed by atoms with E-state index in [-0.39, 0.29) is 0 Å². The van der Waals surface area contributed by atoms with Gasteiger partial charge in [-0.1, -0.05) is 37.6 Å². The summed E-state index contributed by atoms with van der Waals surface area (Å²) < 4.78 is 0. The first-order valence-corrected chi connectivity index (χ1v) is 7.16. The molecule has 1 aromatic carbocycles. The molecule has 1 heterocycles. The second kappa shape index (κ2) is 6.62. The van der Waals surface area contributed by atoms with E-state index in [0.29, 0.717) is 11.8 Å². The molecule has 2 aromatic rings.